The van der Waals surface area contributed by atoms with Crippen LogP contribution in [0, 0.1) is 35.5 Å². The molecule has 0 saturated heterocycles. The van der Waals surface area contributed by atoms with Gasteiger partial charge in [-0.15, -0.1) is 90.7 Å². The molecule has 4 amide bonds. The van der Waals surface area contributed by atoms with Crippen LogP contribution in [0.5, 0.6) is 0 Å². The third kappa shape index (κ3) is 22.5. The van der Waals surface area contributed by atoms with Crippen LogP contribution in [0.25, 0.3) is 104 Å². The van der Waals surface area contributed by atoms with E-state index in [1.54, 1.807) is 45.3 Å². The molecule has 0 bridgehead atoms. The van der Waals surface area contributed by atoms with Crippen molar-refractivity contribution in [3.63, 3.8) is 0 Å². The van der Waals surface area contributed by atoms with E-state index in [1.165, 1.54) is 173 Å². The van der Waals surface area contributed by atoms with Crippen LogP contribution in [0.1, 0.15) is 343 Å². The second-order valence-corrected chi connectivity index (χ2v) is 47.9. The summed E-state index contributed by atoms with van der Waals surface area (Å²) in [5.41, 5.74) is 13.1. The van der Waals surface area contributed by atoms with Gasteiger partial charge in [-0.05, 0) is 207 Å². The van der Waals surface area contributed by atoms with Crippen molar-refractivity contribution in [3.05, 3.63) is 196 Å². The monoisotopic (exact) mass is 1940 g/mol. The lowest BCUT2D eigenvalue weighted by Crippen LogP contribution is -2.34. The minimum Gasteiger partial charge on any atom is -0.306 e. The Bertz CT molecular complexity index is 5520. The first-order valence-electron chi connectivity index (χ1n) is 52.6. The highest BCUT2D eigenvalue weighted by atomic mass is 32.1. The van der Waals surface area contributed by atoms with Gasteiger partial charge in [0, 0.05) is 106 Å². The van der Waals surface area contributed by atoms with Crippen LogP contribution in [0.3, 0.4) is 0 Å². The molecule has 16 heteroatoms. The molecule has 6 atom stereocenters. The summed E-state index contributed by atoms with van der Waals surface area (Å²) >= 11 is 14.7. The normalized spacial score (nSPS) is 15.7. The molecular formula is C118H150N4O4S8. The predicted octanol–water partition coefficient (Wildman–Crippen LogP) is 36.7. The standard InChI is InChI=1S/C118H150N4O4S8/c1-15-29-37-39-47-83-49-53-85(54-50-83)91-61-65-97(129-91)109-105-107(117(125)119(109)73-79(25-11)43-33-19-5)111(121(115(105)123)75-81(27-13)45-35-21-7)99-67-63-93(131-99)101-71-89-103(95-59-57-87(127-95)69-77(23-9)41-31-17-3)114-90(104(113(89)133-101)96-60-58-88(128-96)70-78(24-10)42-32-18-4)72-102(134-114)94-64-68-100(132-94)112-108-106(116(124)122(112)76-82(28-14)46-36-22-8)110(120(118(108)126)74-80(26-12)44-34-20-6)98-66-62-92(130-98)86-55-51-84(52-56-86)48-40-38-30-16-2/h49-68,71-72,77-82H,15-48,69-70,73-76H2,1-14H3. The first kappa shape index (κ1) is 101. The molecule has 0 saturated carbocycles. The van der Waals surface area contributed by atoms with E-state index in [4.69, 9.17) is 0 Å². The Balaban J connectivity index is 0.900. The lowest BCUT2D eigenvalue weighted by Gasteiger charge is -2.29. The second kappa shape index (κ2) is 48.5. The molecule has 3 aromatic carbocycles. The van der Waals surface area contributed by atoms with Gasteiger partial charge >= 0.3 is 0 Å². The fourth-order valence-corrected chi connectivity index (χ4v) is 30.5. The number of hydrogen-bond acceptors (Lipinski definition) is 12. The number of fused-ring (bicyclic) bond motifs is 4. The van der Waals surface area contributed by atoms with Crippen LogP contribution in [-0.2, 0) is 44.9 Å². The van der Waals surface area contributed by atoms with Crippen LogP contribution >= 0.6 is 90.7 Å². The molecule has 8 aromatic heterocycles. The summed E-state index contributed by atoms with van der Waals surface area (Å²) in [5, 5.41) is 2.50. The van der Waals surface area contributed by atoms with Crippen LogP contribution in [0.4, 0.5) is 0 Å². The highest BCUT2D eigenvalue weighted by molar-refractivity contribution is 7.29. The summed E-state index contributed by atoms with van der Waals surface area (Å²) in [4.78, 5) is 90.0. The predicted molar refractivity (Wildman–Crippen MR) is 587 cm³/mol. The van der Waals surface area contributed by atoms with Gasteiger partial charge < -0.3 is 19.6 Å². The molecule has 15 rings (SSSR count). The van der Waals surface area contributed by atoms with E-state index in [-0.39, 0.29) is 47.3 Å². The van der Waals surface area contributed by atoms with E-state index >= 15 is 19.2 Å². The number of carbonyl (C=O) groups is 4. The fraction of sp³-hybridized carbons (Fsp3) is 0.508. The van der Waals surface area contributed by atoms with Crippen LogP contribution < -0.4 is 0 Å². The number of rotatable bonds is 56. The van der Waals surface area contributed by atoms with Crippen LogP contribution in [0.15, 0.2) is 156 Å². The van der Waals surface area contributed by atoms with Gasteiger partial charge in [-0.3, -0.25) is 19.2 Å². The van der Waals surface area contributed by atoms with E-state index < -0.39 is 0 Å². The summed E-state index contributed by atoms with van der Waals surface area (Å²) in [7, 11) is 0. The number of carbonyl (C=O) groups excluding carboxylic acids is 4. The lowest BCUT2D eigenvalue weighted by molar-refractivity contribution is -0.124. The van der Waals surface area contributed by atoms with Crippen molar-refractivity contribution in [2.24, 2.45) is 35.5 Å². The van der Waals surface area contributed by atoms with Crippen LogP contribution in [-0.4, -0.2) is 69.4 Å². The molecule has 0 fully saturated rings. The molecule has 134 heavy (non-hydrogen) atoms. The maximum Gasteiger partial charge on any atom is 0.261 e. The summed E-state index contributed by atoms with van der Waals surface area (Å²) in [6, 6.07) is 51.1. The summed E-state index contributed by atoms with van der Waals surface area (Å²) < 4.78 is 2.54. The van der Waals surface area contributed by atoms with E-state index in [0.29, 0.717) is 60.3 Å². The molecule has 4 aliphatic heterocycles. The number of amides is 4. The molecule has 4 aliphatic rings. The lowest BCUT2D eigenvalue weighted by atomic mass is 9.95. The second-order valence-electron chi connectivity index (χ2n) is 39.1. The van der Waals surface area contributed by atoms with Gasteiger partial charge in [0.2, 0.25) is 0 Å². The Labute approximate surface area is 836 Å². The third-order valence-corrected chi connectivity index (χ3v) is 39.0. The molecule has 11 aromatic rings. The van der Waals surface area contributed by atoms with E-state index in [1.807, 2.05) is 45.3 Å². The summed E-state index contributed by atoms with van der Waals surface area (Å²) in [6.07, 6.45) is 40.3. The highest BCUT2D eigenvalue weighted by Gasteiger charge is 2.52. The van der Waals surface area contributed by atoms with Crippen molar-refractivity contribution >= 4 is 157 Å². The molecule has 12 heterocycles. The Kier molecular flexibility index (Phi) is 36.6. The van der Waals surface area contributed by atoms with Crippen molar-refractivity contribution in [2.45, 2.75) is 328 Å². The van der Waals surface area contributed by atoms with Gasteiger partial charge in [0.1, 0.15) is 0 Å². The topological polar surface area (TPSA) is 81.2 Å². The van der Waals surface area contributed by atoms with E-state index in [0.717, 1.165) is 203 Å². The zero-order valence-corrected chi connectivity index (χ0v) is 89.7. The van der Waals surface area contributed by atoms with Crippen molar-refractivity contribution < 1.29 is 19.2 Å². The smallest absolute Gasteiger partial charge is 0.261 e. The molecule has 6 unspecified atom stereocenters. The summed E-state index contributed by atoms with van der Waals surface area (Å²) in [6.45, 7) is 34.3. The highest BCUT2D eigenvalue weighted by Crippen LogP contribution is 2.59. The zero-order valence-electron chi connectivity index (χ0n) is 83.1. The largest absolute Gasteiger partial charge is 0.306 e. The molecular weight excluding hydrogens is 1790 g/mol. The van der Waals surface area contributed by atoms with Gasteiger partial charge in [-0.1, -0.05) is 312 Å². The number of nitrogens with zero attached hydrogens (tertiary/aromatic N) is 4. The van der Waals surface area contributed by atoms with Crippen LogP contribution in [0.2, 0.25) is 0 Å². The third-order valence-electron chi connectivity index (χ3n) is 29.6. The number of benzene rings is 3. The van der Waals surface area contributed by atoms with Gasteiger partial charge in [0.25, 0.3) is 23.6 Å². The number of hydrogen-bond donors (Lipinski definition) is 0. The van der Waals surface area contributed by atoms with Crippen molar-refractivity contribution in [3.8, 4) is 61.3 Å². The number of thiophene rings is 8. The fourth-order valence-electron chi connectivity index (χ4n) is 21.0. The molecule has 8 nitrogen and oxygen atoms in total. The van der Waals surface area contributed by atoms with Crippen molar-refractivity contribution in [1.82, 2.24) is 19.6 Å². The number of aryl methyl sites for hydroxylation is 2. The first-order chi connectivity index (χ1) is 65.5. The molecule has 0 N–H and O–H groups in total. The Hall–Kier alpha value is -7.38. The van der Waals surface area contributed by atoms with Gasteiger partial charge in [-0.2, -0.15) is 0 Å². The molecule has 0 radical (unpaired) electrons. The van der Waals surface area contributed by atoms with Gasteiger partial charge in [0.05, 0.1) is 64.6 Å². The number of unbranched alkanes of at least 4 members (excludes halogenated alkanes) is 12. The maximum atomic E-state index is 16.4. The first-order valence-corrected chi connectivity index (χ1v) is 59.1. The molecule has 0 spiro atoms. The Morgan fingerprint density at radius 2 is 0.500 bits per heavy atom. The minimum absolute atomic E-state index is 0.0418. The van der Waals surface area contributed by atoms with E-state index in [9.17, 15) is 0 Å². The molecule has 0 aliphatic carbocycles. The van der Waals surface area contributed by atoms with Gasteiger partial charge in [-0.25, -0.2) is 0 Å². The average molecular weight is 1950 g/mol. The average Bonchev–Trinajstić information content (AvgIpc) is 1.59. The van der Waals surface area contributed by atoms with E-state index in [2.05, 4.69) is 250 Å². The van der Waals surface area contributed by atoms with Gasteiger partial charge in [0.15, 0.2) is 0 Å². The van der Waals surface area contributed by atoms with Crippen molar-refractivity contribution in [2.75, 3.05) is 26.2 Å². The maximum absolute atomic E-state index is 16.4. The zero-order chi connectivity index (χ0) is 94.1. The Morgan fingerprint density at radius 3 is 0.784 bits per heavy atom. The summed E-state index contributed by atoms with van der Waals surface area (Å²) in [5.74, 6) is 2.13. The SMILES string of the molecule is CCCCCCc1ccc(-c2ccc(C3=C4C(=O)N(CC(CC)CCCC)C(c5ccc(-c6cc7c(-c8ccc(CC(CC)CCCC)s8)c8sc(-c9ccc(C%10=C%11C(=O)N(CC(CC)CCCC)C(c%12ccc(-c%13ccc(CCCCCC)cc%13)s%12)=C%11C(=O)N%10CC(CC)CCCC)s9)cc8c(-c8ccc(CC(CC)CCCC)s8)c7s6)s5)=C4C(=O)N3CC(CC)CCCC)s2)cc1. The van der Waals surface area contributed by atoms with Crippen molar-refractivity contribution in [1.29, 1.82) is 0 Å². The molecule has 714 valence electrons. The quantitative estimate of drug-likeness (QED) is 0.0356. The minimum atomic E-state index is -0.0418. The Morgan fingerprint density at radius 1 is 0.239 bits per heavy atom.